The summed E-state index contributed by atoms with van der Waals surface area (Å²) in [6, 6.07) is 10.1. The van der Waals surface area contributed by atoms with Gasteiger partial charge in [-0.3, -0.25) is 9.69 Å². The van der Waals surface area contributed by atoms with E-state index >= 15 is 0 Å². The number of amides is 1. The number of nitrogens with zero attached hydrogens (tertiary/aromatic N) is 3. The van der Waals surface area contributed by atoms with E-state index in [9.17, 15) is 9.90 Å². The van der Waals surface area contributed by atoms with Gasteiger partial charge in [0.2, 0.25) is 0 Å². The van der Waals surface area contributed by atoms with Gasteiger partial charge >= 0.3 is 0 Å². The lowest BCUT2D eigenvalue weighted by Gasteiger charge is -2.36. The van der Waals surface area contributed by atoms with Crippen molar-refractivity contribution in [1.82, 2.24) is 9.80 Å². The summed E-state index contributed by atoms with van der Waals surface area (Å²) in [6.07, 6.45) is 0. The molecule has 0 radical (unpaired) electrons. The summed E-state index contributed by atoms with van der Waals surface area (Å²) in [6.45, 7) is 11.9. The first-order chi connectivity index (χ1) is 14.9. The maximum Gasteiger partial charge on any atom is 0.254 e. The van der Waals surface area contributed by atoms with Crippen molar-refractivity contribution in [2.75, 3.05) is 44.2 Å². The van der Waals surface area contributed by atoms with E-state index in [1.807, 2.05) is 31.7 Å². The molecule has 2 aliphatic rings. The molecular formula is C25H33N3O3. The number of aliphatic hydroxyl groups is 1. The van der Waals surface area contributed by atoms with Gasteiger partial charge < -0.3 is 20.0 Å². The number of aliphatic hydroxyl groups excluding tert-OH is 1. The molecule has 166 valence electrons. The fourth-order valence-electron chi connectivity index (χ4n) is 4.66. The van der Waals surface area contributed by atoms with Crippen LogP contribution < -0.4 is 4.90 Å². The van der Waals surface area contributed by atoms with Crippen LogP contribution in [0.15, 0.2) is 30.3 Å². The zero-order valence-electron chi connectivity index (χ0n) is 18.8. The normalized spacial score (nSPS) is 16.8. The van der Waals surface area contributed by atoms with Crippen LogP contribution in [0, 0.1) is 6.92 Å². The van der Waals surface area contributed by atoms with Crippen LogP contribution >= 0.6 is 0 Å². The molecule has 2 aromatic rings. The molecule has 2 heterocycles. The average molecular weight is 424 g/mol. The molecular weight excluding hydrogens is 390 g/mol. The number of β-amino-alcohol motifs (C(OH)–C–C–N with tert-alkyl or cyclic N) is 1. The molecule has 2 aliphatic heterocycles. The minimum absolute atomic E-state index is 0.0229. The Morgan fingerprint density at radius 3 is 2.42 bits per heavy atom. The van der Waals surface area contributed by atoms with Crippen LogP contribution in [0.4, 0.5) is 5.69 Å². The number of phenolic OH excluding ortho intramolecular Hbond substituents is 1. The van der Waals surface area contributed by atoms with E-state index < -0.39 is 0 Å². The largest absolute Gasteiger partial charge is 0.508 e. The van der Waals surface area contributed by atoms with Gasteiger partial charge in [-0.1, -0.05) is 19.9 Å². The highest BCUT2D eigenvalue weighted by atomic mass is 16.3. The van der Waals surface area contributed by atoms with Gasteiger partial charge in [0.1, 0.15) is 5.75 Å². The lowest BCUT2D eigenvalue weighted by Crippen LogP contribution is -2.47. The first-order valence-electron chi connectivity index (χ1n) is 11.2. The highest BCUT2D eigenvalue weighted by molar-refractivity contribution is 5.96. The molecule has 0 unspecified atom stereocenters. The number of hydrogen-bond acceptors (Lipinski definition) is 5. The van der Waals surface area contributed by atoms with Gasteiger partial charge in [0.05, 0.1) is 6.61 Å². The van der Waals surface area contributed by atoms with Crippen molar-refractivity contribution in [1.29, 1.82) is 0 Å². The molecule has 0 spiro atoms. The number of carbonyl (C=O) groups is 1. The van der Waals surface area contributed by atoms with Crippen LogP contribution in [0.5, 0.6) is 5.75 Å². The highest BCUT2D eigenvalue weighted by Crippen LogP contribution is 2.32. The van der Waals surface area contributed by atoms with Crippen LogP contribution in [-0.4, -0.2) is 65.3 Å². The molecule has 6 heteroatoms. The summed E-state index contributed by atoms with van der Waals surface area (Å²) in [5, 5.41) is 19.4. The van der Waals surface area contributed by atoms with Crippen LogP contribution in [-0.2, 0) is 13.1 Å². The maximum atomic E-state index is 13.3. The molecule has 6 nitrogen and oxygen atoms in total. The van der Waals surface area contributed by atoms with Gasteiger partial charge in [0.15, 0.2) is 0 Å². The molecule has 31 heavy (non-hydrogen) atoms. The predicted octanol–water partition coefficient (Wildman–Crippen LogP) is 3.09. The maximum absolute atomic E-state index is 13.3. The Morgan fingerprint density at radius 2 is 1.74 bits per heavy atom. The van der Waals surface area contributed by atoms with E-state index in [-0.39, 0.29) is 24.2 Å². The van der Waals surface area contributed by atoms with E-state index in [1.54, 1.807) is 6.07 Å². The number of aryl methyl sites for hydroxylation is 1. The van der Waals surface area contributed by atoms with E-state index in [4.69, 9.17) is 5.11 Å². The first kappa shape index (κ1) is 21.7. The molecule has 2 aromatic carbocycles. The molecule has 0 aliphatic carbocycles. The Hall–Kier alpha value is -2.57. The van der Waals surface area contributed by atoms with E-state index in [2.05, 4.69) is 28.0 Å². The van der Waals surface area contributed by atoms with Crippen molar-refractivity contribution in [3.05, 3.63) is 58.1 Å². The summed E-state index contributed by atoms with van der Waals surface area (Å²) in [5.74, 6) is 0.440. The van der Waals surface area contributed by atoms with Crippen molar-refractivity contribution in [3.8, 4) is 5.75 Å². The second-order valence-corrected chi connectivity index (χ2v) is 9.05. The molecule has 0 atom stereocenters. The monoisotopic (exact) mass is 423 g/mol. The summed E-state index contributed by atoms with van der Waals surface area (Å²) < 4.78 is 0. The SMILES string of the molecule is Cc1cc(O)c(C(C)C)cc1C(=O)N1Cc2ccc(N3CCN(CCO)CC3)cc2C1. The number of anilines is 1. The van der Waals surface area contributed by atoms with Crippen LogP contribution in [0.1, 0.15) is 52.4 Å². The predicted molar refractivity (Wildman–Crippen MR) is 123 cm³/mol. The molecule has 0 aromatic heterocycles. The van der Waals surface area contributed by atoms with Crippen LogP contribution in [0.2, 0.25) is 0 Å². The number of phenols is 1. The zero-order chi connectivity index (χ0) is 22.1. The fraction of sp³-hybridized carbons (Fsp3) is 0.480. The van der Waals surface area contributed by atoms with Crippen molar-refractivity contribution in [2.24, 2.45) is 0 Å². The standard InChI is InChI=1S/C25H33N3O3/c1-17(2)22-14-23(18(3)12-24(22)30)25(31)28-15-19-4-5-21(13-20(19)16-28)27-8-6-26(7-9-27)10-11-29/h4-5,12-14,17,29-30H,6-11,15-16H2,1-3H3. The number of carbonyl (C=O) groups excluding carboxylic acids is 1. The molecule has 2 N–H and O–H groups in total. The smallest absolute Gasteiger partial charge is 0.254 e. The minimum atomic E-state index is 0.0229. The molecule has 1 saturated heterocycles. The summed E-state index contributed by atoms with van der Waals surface area (Å²) in [7, 11) is 0. The van der Waals surface area contributed by atoms with E-state index in [0.29, 0.717) is 18.7 Å². The van der Waals surface area contributed by atoms with Gasteiger partial charge in [0.25, 0.3) is 5.91 Å². The Bertz CT molecular complexity index is 965. The Morgan fingerprint density at radius 1 is 1.03 bits per heavy atom. The van der Waals surface area contributed by atoms with Crippen molar-refractivity contribution in [3.63, 3.8) is 0 Å². The third kappa shape index (κ3) is 4.41. The van der Waals surface area contributed by atoms with Gasteiger partial charge in [-0.2, -0.15) is 0 Å². The Labute approximate surface area is 184 Å². The van der Waals surface area contributed by atoms with Crippen LogP contribution in [0.3, 0.4) is 0 Å². The summed E-state index contributed by atoms with van der Waals surface area (Å²) >= 11 is 0. The van der Waals surface area contributed by atoms with Crippen molar-refractivity contribution in [2.45, 2.75) is 39.8 Å². The second-order valence-electron chi connectivity index (χ2n) is 9.05. The van der Waals surface area contributed by atoms with Crippen molar-refractivity contribution >= 4 is 11.6 Å². The number of piperazine rings is 1. The number of rotatable bonds is 5. The van der Waals surface area contributed by atoms with Gasteiger partial charge in [-0.15, -0.1) is 0 Å². The highest BCUT2D eigenvalue weighted by Gasteiger charge is 2.27. The topological polar surface area (TPSA) is 67.2 Å². The number of fused-ring (bicyclic) bond motifs is 1. The molecule has 1 fully saturated rings. The van der Waals surface area contributed by atoms with Crippen molar-refractivity contribution < 1.29 is 15.0 Å². The van der Waals surface area contributed by atoms with Gasteiger partial charge in [0, 0.05) is 57.1 Å². The second kappa shape index (κ2) is 8.89. The number of benzene rings is 2. The van der Waals surface area contributed by atoms with E-state index in [1.165, 1.54) is 16.8 Å². The summed E-state index contributed by atoms with van der Waals surface area (Å²) in [4.78, 5) is 19.9. The van der Waals surface area contributed by atoms with Gasteiger partial charge in [-0.05, 0) is 59.4 Å². The minimum Gasteiger partial charge on any atom is -0.508 e. The molecule has 4 rings (SSSR count). The van der Waals surface area contributed by atoms with Gasteiger partial charge in [-0.25, -0.2) is 0 Å². The molecule has 0 saturated carbocycles. The first-order valence-corrected chi connectivity index (χ1v) is 11.2. The molecule has 0 bridgehead atoms. The molecule has 1 amide bonds. The third-order valence-electron chi connectivity index (χ3n) is 6.58. The number of aromatic hydroxyl groups is 1. The third-order valence-corrected chi connectivity index (χ3v) is 6.58. The Balaban J connectivity index is 1.48. The fourth-order valence-corrected chi connectivity index (χ4v) is 4.66. The Kier molecular flexibility index (Phi) is 6.21. The van der Waals surface area contributed by atoms with Crippen LogP contribution in [0.25, 0.3) is 0 Å². The average Bonchev–Trinajstić information content (AvgIpc) is 3.17. The summed E-state index contributed by atoms with van der Waals surface area (Å²) in [5.41, 5.74) is 5.92. The lowest BCUT2D eigenvalue weighted by molar-refractivity contribution is 0.0750. The quantitative estimate of drug-likeness (QED) is 0.774. The number of hydrogen-bond donors (Lipinski definition) is 2. The zero-order valence-corrected chi connectivity index (χ0v) is 18.8. The van der Waals surface area contributed by atoms with E-state index in [0.717, 1.165) is 43.9 Å². The lowest BCUT2D eigenvalue weighted by atomic mass is 9.96.